The van der Waals surface area contributed by atoms with E-state index in [1.807, 2.05) is 31.2 Å². The first-order valence-electron chi connectivity index (χ1n) is 8.67. The molecule has 1 amide bonds. The highest BCUT2D eigenvalue weighted by Crippen LogP contribution is 2.23. The number of ether oxygens (including phenoxy) is 1. The fourth-order valence-electron chi connectivity index (χ4n) is 2.54. The van der Waals surface area contributed by atoms with E-state index < -0.39 is 0 Å². The van der Waals surface area contributed by atoms with E-state index in [2.05, 4.69) is 26.1 Å². The third kappa shape index (κ3) is 4.47. The van der Waals surface area contributed by atoms with Gasteiger partial charge >= 0.3 is 0 Å². The summed E-state index contributed by atoms with van der Waals surface area (Å²) in [7, 11) is 1.51. The lowest BCUT2D eigenvalue weighted by molar-refractivity contribution is 0.0959. The van der Waals surface area contributed by atoms with Crippen molar-refractivity contribution in [3.05, 3.63) is 71.5 Å². The summed E-state index contributed by atoms with van der Waals surface area (Å²) in [4.78, 5) is 20.6. The molecule has 8 heteroatoms. The van der Waals surface area contributed by atoms with Gasteiger partial charge in [-0.3, -0.25) is 15.6 Å². The number of nitrogens with two attached hydrogens (primary N) is 1. The van der Waals surface area contributed by atoms with Crippen molar-refractivity contribution >= 4 is 23.2 Å². The summed E-state index contributed by atoms with van der Waals surface area (Å²) >= 11 is 0. The highest BCUT2D eigenvalue weighted by atomic mass is 16.5. The minimum Gasteiger partial charge on any atom is -0.496 e. The highest BCUT2D eigenvalue weighted by molar-refractivity contribution is 5.97. The number of aryl methyl sites for hydroxylation is 1. The summed E-state index contributed by atoms with van der Waals surface area (Å²) in [6, 6.07) is 15.1. The summed E-state index contributed by atoms with van der Waals surface area (Å²) in [6.45, 7) is 2.60. The molecule has 1 aromatic heterocycles. The third-order valence-electron chi connectivity index (χ3n) is 4.11. The van der Waals surface area contributed by atoms with Crippen molar-refractivity contribution in [1.29, 1.82) is 0 Å². The van der Waals surface area contributed by atoms with E-state index in [-0.39, 0.29) is 5.91 Å². The third-order valence-corrected chi connectivity index (χ3v) is 4.11. The molecule has 0 spiro atoms. The number of para-hydroxylation sites is 1. The molecular weight excluding hydrogens is 356 g/mol. The quantitative estimate of drug-likeness (QED) is 0.467. The van der Waals surface area contributed by atoms with Gasteiger partial charge in [-0.1, -0.05) is 42.0 Å². The van der Waals surface area contributed by atoms with Gasteiger partial charge in [0.1, 0.15) is 17.8 Å². The monoisotopic (exact) mass is 378 g/mol. The normalized spacial score (nSPS) is 10.2. The Kier molecular flexibility index (Phi) is 5.91. The number of hydrogen-bond acceptors (Lipinski definition) is 7. The molecule has 0 saturated carbocycles. The highest BCUT2D eigenvalue weighted by Gasteiger charge is 2.13. The Morgan fingerprint density at radius 1 is 1.07 bits per heavy atom. The first-order valence-corrected chi connectivity index (χ1v) is 8.67. The molecule has 5 N–H and O–H groups in total. The van der Waals surface area contributed by atoms with Gasteiger partial charge in [0, 0.05) is 6.54 Å². The number of anilines is 3. The van der Waals surface area contributed by atoms with Gasteiger partial charge in [0.15, 0.2) is 11.6 Å². The Morgan fingerprint density at radius 2 is 1.79 bits per heavy atom. The molecule has 1 heterocycles. The zero-order valence-corrected chi connectivity index (χ0v) is 15.7. The lowest BCUT2D eigenvalue weighted by atomic mass is 10.1. The Labute approximate surface area is 163 Å². The molecule has 3 aromatic rings. The van der Waals surface area contributed by atoms with Crippen LogP contribution in [0.4, 0.5) is 17.3 Å². The van der Waals surface area contributed by atoms with Gasteiger partial charge in [-0.15, -0.1) is 0 Å². The largest absolute Gasteiger partial charge is 0.496 e. The summed E-state index contributed by atoms with van der Waals surface area (Å²) in [5.74, 6) is 0.872. The van der Waals surface area contributed by atoms with E-state index >= 15 is 0 Å². The van der Waals surface area contributed by atoms with E-state index in [1.54, 1.807) is 24.3 Å². The second-order valence-electron chi connectivity index (χ2n) is 6.10. The number of benzene rings is 2. The second-order valence-corrected chi connectivity index (χ2v) is 6.10. The average Bonchev–Trinajstić information content (AvgIpc) is 2.73. The van der Waals surface area contributed by atoms with Crippen LogP contribution in [0.25, 0.3) is 0 Å². The van der Waals surface area contributed by atoms with Gasteiger partial charge in [0.25, 0.3) is 5.91 Å². The molecule has 3 rings (SSSR count). The summed E-state index contributed by atoms with van der Waals surface area (Å²) in [6.07, 6.45) is 1.37. The number of hydrogen-bond donors (Lipinski definition) is 4. The van der Waals surface area contributed by atoms with E-state index in [1.165, 1.54) is 19.0 Å². The van der Waals surface area contributed by atoms with E-state index in [0.717, 1.165) is 5.56 Å². The molecule has 0 aliphatic rings. The lowest BCUT2D eigenvalue weighted by Crippen LogP contribution is -2.30. The van der Waals surface area contributed by atoms with Gasteiger partial charge in [-0.2, -0.15) is 0 Å². The van der Waals surface area contributed by atoms with Crippen molar-refractivity contribution in [1.82, 2.24) is 15.4 Å². The molecule has 0 unspecified atom stereocenters. The van der Waals surface area contributed by atoms with Gasteiger partial charge in [0.2, 0.25) is 0 Å². The van der Waals surface area contributed by atoms with Crippen molar-refractivity contribution in [3.63, 3.8) is 0 Å². The maximum absolute atomic E-state index is 12.4. The van der Waals surface area contributed by atoms with Gasteiger partial charge in [-0.25, -0.2) is 9.97 Å². The Bertz CT molecular complexity index is 959. The lowest BCUT2D eigenvalue weighted by Gasteiger charge is -2.14. The second kappa shape index (κ2) is 8.72. The number of aromatic nitrogens is 2. The number of nitrogens with one attached hydrogen (secondary N) is 3. The van der Waals surface area contributed by atoms with Crippen LogP contribution >= 0.6 is 0 Å². The molecular formula is C20H22N6O2. The number of amides is 1. The number of carbonyl (C=O) groups is 1. The van der Waals surface area contributed by atoms with E-state index in [0.29, 0.717) is 35.2 Å². The topological polar surface area (TPSA) is 114 Å². The van der Waals surface area contributed by atoms with Crippen LogP contribution in [0.5, 0.6) is 5.75 Å². The first kappa shape index (κ1) is 19.0. The molecule has 0 atom stereocenters. The molecule has 0 fully saturated rings. The van der Waals surface area contributed by atoms with Crippen molar-refractivity contribution in [2.24, 2.45) is 0 Å². The average molecular weight is 378 g/mol. The fraction of sp³-hybridized carbons (Fsp3) is 0.150. The van der Waals surface area contributed by atoms with Crippen LogP contribution in [-0.2, 0) is 6.54 Å². The SMILES string of the molecule is COc1ccccc1C(=O)NNc1ncnc(NCc2ccc(C)cc2)c1N. The maximum atomic E-state index is 12.4. The number of nitrogens with zero attached hydrogens (tertiary/aromatic N) is 2. The van der Waals surface area contributed by atoms with Gasteiger partial charge in [-0.05, 0) is 24.6 Å². The van der Waals surface area contributed by atoms with Crippen molar-refractivity contribution in [2.75, 3.05) is 23.6 Å². The molecule has 0 aliphatic heterocycles. The minimum absolute atomic E-state index is 0.296. The molecule has 0 bridgehead atoms. The van der Waals surface area contributed by atoms with Crippen molar-refractivity contribution < 1.29 is 9.53 Å². The number of carbonyl (C=O) groups excluding carboxylic acids is 1. The van der Waals surface area contributed by atoms with Crippen molar-refractivity contribution in [3.8, 4) is 5.75 Å². The van der Waals surface area contributed by atoms with Gasteiger partial charge in [0.05, 0.1) is 12.7 Å². The number of nitrogen functional groups attached to an aromatic ring is 1. The first-order chi connectivity index (χ1) is 13.6. The van der Waals surface area contributed by atoms with Crippen LogP contribution in [-0.4, -0.2) is 23.0 Å². The predicted molar refractivity (Wildman–Crippen MR) is 109 cm³/mol. The van der Waals surface area contributed by atoms with Crippen molar-refractivity contribution in [2.45, 2.75) is 13.5 Å². The molecule has 144 valence electrons. The predicted octanol–water partition coefficient (Wildman–Crippen LogP) is 2.74. The standard InChI is InChI=1S/C20H22N6O2/c1-13-7-9-14(10-8-13)11-22-18-17(21)19(24-12-23-18)25-26-20(27)15-5-3-4-6-16(15)28-2/h3-10,12H,11,21H2,1-2H3,(H,26,27)(H2,22,23,24,25). The van der Waals surface area contributed by atoms with Crippen LogP contribution in [0.2, 0.25) is 0 Å². The molecule has 2 aromatic carbocycles. The minimum atomic E-state index is -0.371. The van der Waals surface area contributed by atoms with Crippen LogP contribution < -0.4 is 26.6 Å². The summed E-state index contributed by atoms with van der Waals surface area (Å²) < 4.78 is 5.19. The van der Waals surface area contributed by atoms with Crippen LogP contribution in [0.15, 0.2) is 54.9 Å². The van der Waals surface area contributed by atoms with E-state index in [4.69, 9.17) is 10.5 Å². The number of methoxy groups -OCH3 is 1. The van der Waals surface area contributed by atoms with Crippen LogP contribution in [0.1, 0.15) is 21.5 Å². The number of hydrazine groups is 1. The van der Waals surface area contributed by atoms with E-state index in [9.17, 15) is 4.79 Å². The fourth-order valence-corrected chi connectivity index (χ4v) is 2.54. The Balaban J connectivity index is 1.65. The Morgan fingerprint density at radius 3 is 2.54 bits per heavy atom. The summed E-state index contributed by atoms with van der Waals surface area (Å²) in [5, 5.41) is 3.18. The number of rotatable bonds is 7. The Hall–Kier alpha value is -3.81. The van der Waals surface area contributed by atoms with Crippen LogP contribution in [0.3, 0.4) is 0 Å². The molecule has 0 saturated heterocycles. The maximum Gasteiger partial charge on any atom is 0.273 e. The molecule has 0 aliphatic carbocycles. The molecule has 8 nitrogen and oxygen atoms in total. The smallest absolute Gasteiger partial charge is 0.273 e. The zero-order valence-electron chi connectivity index (χ0n) is 15.7. The van der Waals surface area contributed by atoms with Gasteiger partial charge < -0.3 is 15.8 Å². The van der Waals surface area contributed by atoms with Crippen LogP contribution in [0, 0.1) is 6.92 Å². The molecule has 0 radical (unpaired) electrons. The zero-order chi connectivity index (χ0) is 19.9. The summed E-state index contributed by atoms with van der Waals surface area (Å²) in [5.41, 5.74) is 14.4. The molecule has 28 heavy (non-hydrogen) atoms.